The number of nitrogens with zero attached hydrogens (tertiary/aromatic N) is 1. The van der Waals surface area contributed by atoms with E-state index in [9.17, 15) is 5.11 Å². The molecular weight excluding hydrogens is 224 g/mol. The van der Waals surface area contributed by atoms with Crippen molar-refractivity contribution in [3.8, 4) is 0 Å². The molecular formula is C12H17ClN2O. The fourth-order valence-corrected chi connectivity index (χ4v) is 2.44. The van der Waals surface area contributed by atoms with E-state index in [2.05, 4.69) is 4.98 Å². The lowest BCUT2D eigenvalue weighted by Crippen LogP contribution is -2.38. The molecule has 1 saturated carbocycles. The number of hydrogen-bond acceptors (Lipinski definition) is 3. The topological polar surface area (TPSA) is 59.1 Å². The van der Waals surface area contributed by atoms with Crippen LogP contribution in [0.4, 0.5) is 0 Å². The van der Waals surface area contributed by atoms with E-state index in [1.165, 1.54) is 12.8 Å². The Bertz CT molecular complexity index is 362. The zero-order valence-electron chi connectivity index (χ0n) is 9.19. The molecule has 16 heavy (non-hydrogen) atoms. The van der Waals surface area contributed by atoms with Crippen LogP contribution in [0.1, 0.15) is 18.4 Å². The van der Waals surface area contributed by atoms with Crippen molar-refractivity contribution < 1.29 is 5.11 Å². The summed E-state index contributed by atoms with van der Waals surface area (Å²) in [5.41, 5.74) is 6.68. The molecule has 3 N–H and O–H groups in total. The maximum absolute atomic E-state index is 9.60. The largest absolute Gasteiger partial charge is 0.396 e. The predicted molar refractivity (Wildman–Crippen MR) is 64.2 cm³/mol. The molecule has 1 unspecified atom stereocenters. The highest BCUT2D eigenvalue weighted by Crippen LogP contribution is 2.47. The number of aliphatic hydroxyl groups excluding tert-OH is 1. The van der Waals surface area contributed by atoms with Crippen LogP contribution in [-0.4, -0.2) is 23.2 Å². The molecule has 1 aromatic rings. The molecule has 1 fully saturated rings. The first kappa shape index (κ1) is 11.8. The molecule has 1 aliphatic rings. The van der Waals surface area contributed by atoms with Gasteiger partial charge in [0.2, 0.25) is 0 Å². The van der Waals surface area contributed by atoms with Gasteiger partial charge in [-0.05, 0) is 36.8 Å². The first-order valence-corrected chi connectivity index (χ1v) is 5.99. The molecule has 1 atom stereocenters. The van der Waals surface area contributed by atoms with Crippen molar-refractivity contribution in [3.63, 3.8) is 0 Å². The molecule has 0 spiro atoms. The Morgan fingerprint density at radius 3 is 2.81 bits per heavy atom. The van der Waals surface area contributed by atoms with Crippen LogP contribution >= 0.6 is 11.6 Å². The number of nitrogens with two attached hydrogens (primary N) is 1. The highest BCUT2D eigenvalue weighted by Gasteiger charge is 2.43. The maximum Gasteiger partial charge on any atom is 0.0621 e. The van der Waals surface area contributed by atoms with Gasteiger partial charge in [0.25, 0.3) is 0 Å². The second-order valence-corrected chi connectivity index (χ2v) is 5.05. The third kappa shape index (κ3) is 2.21. The molecule has 1 aliphatic carbocycles. The molecule has 0 aliphatic heterocycles. The highest BCUT2D eigenvalue weighted by molar-refractivity contribution is 6.31. The minimum Gasteiger partial charge on any atom is -0.396 e. The minimum absolute atomic E-state index is 0.132. The molecule has 1 heterocycles. The molecule has 4 heteroatoms. The molecule has 0 saturated heterocycles. The molecule has 0 bridgehead atoms. The Kier molecular flexibility index (Phi) is 3.47. The van der Waals surface area contributed by atoms with Crippen molar-refractivity contribution in [2.24, 2.45) is 17.1 Å². The number of rotatable bonds is 5. The SMILES string of the molecule is NCC(CO)(Cc1ccncc1Cl)C1CC1. The van der Waals surface area contributed by atoms with Gasteiger partial charge in [-0.25, -0.2) is 0 Å². The van der Waals surface area contributed by atoms with Gasteiger partial charge in [0, 0.05) is 24.4 Å². The van der Waals surface area contributed by atoms with Crippen LogP contribution in [0, 0.1) is 11.3 Å². The van der Waals surface area contributed by atoms with Gasteiger partial charge in [-0.2, -0.15) is 0 Å². The van der Waals surface area contributed by atoms with Crippen molar-refractivity contribution in [3.05, 3.63) is 29.0 Å². The normalized spacial score (nSPS) is 19.4. The summed E-state index contributed by atoms with van der Waals surface area (Å²) in [6.07, 6.45) is 6.45. The lowest BCUT2D eigenvalue weighted by atomic mass is 9.78. The first-order chi connectivity index (χ1) is 7.72. The zero-order valence-corrected chi connectivity index (χ0v) is 9.95. The fourth-order valence-electron chi connectivity index (χ4n) is 2.26. The van der Waals surface area contributed by atoms with Gasteiger partial charge in [0.15, 0.2) is 0 Å². The molecule has 0 radical (unpaired) electrons. The Hall–Kier alpha value is -0.640. The second kappa shape index (κ2) is 4.70. The number of aromatic nitrogens is 1. The highest BCUT2D eigenvalue weighted by atomic mass is 35.5. The predicted octanol–water partition coefficient (Wildman–Crippen LogP) is 1.62. The van der Waals surface area contributed by atoms with Gasteiger partial charge in [-0.1, -0.05) is 11.6 Å². The third-order valence-corrected chi connectivity index (χ3v) is 3.90. The van der Waals surface area contributed by atoms with Crippen molar-refractivity contribution in [2.45, 2.75) is 19.3 Å². The van der Waals surface area contributed by atoms with E-state index < -0.39 is 0 Å². The summed E-state index contributed by atoms with van der Waals surface area (Å²) in [5, 5.41) is 10.3. The molecule has 0 aromatic carbocycles. The van der Waals surface area contributed by atoms with Crippen LogP contribution in [0.25, 0.3) is 0 Å². The molecule has 88 valence electrons. The number of aliphatic hydroxyl groups is 1. The summed E-state index contributed by atoms with van der Waals surface area (Å²) < 4.78 is 0. The lowest BCUT2D eigenvalue weighted by Gasteiger charge is -2.31. The minimum atomic E-state index is -0.189. The third-order valence-electron chi connectivity index (χ3n) is 3.56. The van der Waals surface area contributed by atoms with E-state index in [-0.39, 0.29) is 12.0 Å². The van der Waals surface area contributed by atoms with Gasteiger partial charge < -0.3 is 10.8 Å². The maximum atomic E-state index is 9.60. The van der Waals surface area contributed by atoms with Crippen molar-refractivity contribution in [1.82, 2.24) is 4.98 Å². The monoisotopic (exact) mass is 240 g/mol. The Morgan fingerprint density at radius 1 is 1.56 bits per heavy atom. The summed E-state index contributed by atoms with van der Waals surface area (Å²) in [7, 11) is 0. The number of pyridine rings is 1. The second-order valence-electron chi connectivity index (χ2n) is 4.64. The van der Waals surface area contributed by atoms with Gasteiger partial charge in [0.05, 0.1) is 11.6 Å². The number of hydrogen-bond donors (Lipinski definition) is 2. The van der Waals surface area contributed by atoms with E-state index in [4.69, 9.17) is 17.3 Å². The summed E-state index contributed by atoms with van der Waals surface area (Å²) in [6.45, 7) is 0.639. The van der Waals surface area contributed by atoms with Crippen LogP contribution in [0.2, 0.25) is 5.02 Å². The van der Waals surface area contributed by atoms with Crippen molar-refractivity contribution >= 4 is 11.6 Å². The quantitative estimate of drug-likeness (QED) is 0.823. The Morgan fingerprint density at radius 2 is 2.31 bits per heavy atom. The summed E-state index contributed by atoms with van der Waals surface area (Å²) in [5.74, 6) is 0.548. The van der Waals surface area contributed by atoms with Gasteiger partial charge >= 0.3 is 0 Å². The van der Waals surface area contributed by atoms with Crippen LogP contribution in [-0.2, 0) is 6.42 Å². The summed E-state index contributed by atoms with van der Waals surface area (Å²) in [6, 6.07) is 1.91. The molecule has 0 amide bonds. The van der Waals surface area contributed by atoms with E-state index in [1.807, 2.05) is 6.07 Å². The van der Waals surface area contributed by atoms with Crippen LogP contribution < -0.4 is 5.73 Å². The van der Waals surface area contributed by atoms with Crippen molar-refractivity contribution in [2.75, 3.05) is 13.2 Å². The molecule has 3 nitrogen and oxygen atoms in total. The van der Waals surface area contributed by atoms with E-state index in [1.54, 1.807) is 12.4 Å². The van der Waals surface area contributed by atoms with Gasteiger partial charge in [-0.15, -0.1) is 0 Å². The van der Waals surface area contributed by atoms with Crippen LogP contribution in [0.15, 0.2) is 18.5 Å². The van der Waals surface area contributed by atoms with E-state index in [0.717, 1.165) is 12.0 Å². The number of halogens is 1. The van der Waals surface area contributed by atoms with E-state index in [0.29, 0.717) is 17.5 Å². The van der Waals surface area contributed by atoms with Crippen molar-refractivity contribution in [1.29, 1.82) is 0 Å². The summed E-state index contributed by atoms with van der Waals surface area (Å²) >= 11 is 6.08. The average molecular weight is 241 g/mol. The molecule has 1 aromatic heterocycles. The first-order valence-electron chi connectivity index (χ1n) is 5.61. The molecule has 2 rings (SSSR count). The Labute approximate surface area is 101 Å². The standard InChI is InChI=1S/C12H17ClN2O/c13-11-6-15-4-3-9(11)5-12(7-14,8-16)10-1-2-10/h3-4,6,10,16H,1-2,5,7-8,14H2. The van der Waals surface area contributed by atoms with Crippen LogP contribution in [0.3, 0.4) is 0 Å². The van der Waals surface area contributed by atoms with E-state index >= 15 is 0 Å². The van der Waals surface area contributed by atoms with Crippen LogP contribution in [0.5, 0.6) is 0 Å². The Balaban J connectivity index is 2.20. The summed E-state index contributed by atoms with van der Waals surface area (Å²) in [4.78, 5) is 3.96. The zero-order chi connectivity index (χ0) is 11.6. The lowest BCUT2D eigenvalue weighted by molar-refractivity contribution is 0.109. The smallest absolute Gasteiger partial charge is 0.0621 e. The fraction of sp³-hybridized carbons (Fsp3) is 0.583. The van der Waals surface area contributed by atoms with Gasteiger partial charge in [-0.3, -0.25) is 4.98 Å². The van der Waals surface area contributed by atoms with Gasteiger partial charge in [0.1, 0.15) is 0 Å². The average Bonchev–Trinajstić information content (AvgIpc) is 3.13.